The van der Waals surface area contributed by atoms with Crippen LogP contribution in [0.3, 0.4) is 0 Å². The van der Waals surface area contributed by atoms with E-state index in [1.54, 1.807) is 19.2 Å². The number of hydrogen-bond donors (Lipinski definition) is 3. The summed E-state index contributed by atoms with van der Waals surface area (Å²) in [6, 6.07) is 13.4. The Morgan fingerprint density at radius 2 is 1.71 bits per heavy atom. The van der Waals surface area contributed by atoms with Crippen molar-refractivity contribution in [3.63, 3.8) is 0 Å². The van der Waals surface area contributed by atoms with Crippen LogP contribution in [0.1, 0.15) is 19.4 Å². The molecule has 2 aromatic carbocycles. The highest BCUT2D eigenvalue weighted by Crippen LogP contribution is 2.26. The van der Waals surface area contributed by atoms with E-state index in [9.17, 15) is 9.18 Å². The molecule has 1 atom stereocenters. The summed E-state index contributed by atoms with van der Waals surface area (Å²) >= 11 is 0. The van der Waals surface area contributed by atoms with Crippen LogP contribution in [0.5, 0.6) is 11.5 Å². The van der Waals surface area contributed by atoms with Crippen molar-refractivity contribution >= 4 is 11.9 Å². The lowest BCUT2D eigenvalue weighted by Crippen LogP contribution is -2.42. The summed E-state index contributed by atoms with van der Waals surface area (Å²) in [6.07, 6.45) is 0.0638. The van der Waals surface area contributed by atoms with Crippen molar-refractivity contribution in [3.05, 3.63) is 59.9 Å². The molecule has 2 rings (SSSR count). The smallest absolute Gasteiger partial charge is 0.224 e. The summed E-state index contributed by atoms with van der Waals surface area (Å²) in [4.78, 5) is 16.5. The van der Waals surface area contributed by atoms with E-state index < -0.39 is 0 Å². The van der Waals surface area contributed by atoms with Crippen molar-refractivity contribution in [1.29, 1.82) is 0 Å². The number of carbonyl (C=O) groups is 1. The third-order valence-electron chi connectivity index (χ3n) is 4.27. The highest BCUT2D eigenvalue weighted by molar-refractivity contribution is 5.80. The third kappa shape index (κ3) is 8.94. The van der Waals surface area contributed by atoms with Crippen molar-refractivity contribution < 1.29 is 18.7 Å². The van der Waals surface area contributed by atoms with E-state index in [2.05, 4.69) is 20.9 Å². The molecule has 8 heteroatoms. The van der Waals surface area contributed by atoms with Gasteiger partial charge < -0.3 is 25.4 Å². The summed E-state index contributed by atoms with van der Waals surface area (Å²) in [5.41, 5.74) is 0.769. The molecule has 168 valence electrons. The van der Waals surface area contributed by atoms with Gasteiger partial charge in [-0.1, -0.05) is 24.3 Å². The standard InChI is InChI=1S/C23H31FN4O3/c1-4-25-23(28-16-17(2)31-21-8-6-5-7-20(21)30-3)27-14-13-26-22(29)15-18-9-11-19(24)12-10-18/h5-12,17H,4,13-16H2,1-3H3,(H,26,29)(H2,25,27,28). The Balaban J connectivity index is 1.74. The monoisotopic (exact) mass is 430 g/mol. The fourth-order valence-corrected chi connectivity index (χ4v) is 2.76. The number of hydrogen-bond acceptors (Lipinski definition) is 4. The van der Waals surface area contributed by atoms with Crippen LogP contribution in [0.4, 0.5) is 4.39 Å². The van der Waals surface area contributed by atoms with Gasteiger partial charge in [0, 0.05) is 19.6 Å². The number of carbonyl (C=O) groups excluding carboxylic acids is 1. The van der Waals surface area contributed by atoms with E-state index in [-0.39, 0.29) is 24.2 Å². The van der Waals surface area contributed by atoms with Gasteiger partial charge in [0.1, 0.15) is 11.9 Å². The van der Waals surface area contributed by atoms with Crippen LogP contribution in [0.2, 0.25) is 0 Å². The minimum Gasteiger partial charge on any atom is -0.493 e. The second-order valence-corrected chi connectivity index (χ2v) is 6.88. The van der Waals surface area contributed by atoms with Crippen LogP contribution in [-0.4, -0.2) is 51.3 Å². The summed E-state index contributed by atoms with van der Waals surface area (Å²) in [5, 5.41) is 9.19. The number of nitrogens with zero attached hydrogens (tertiary/aromatic N) is 1. The molecule has 1 amide bonds. The molecule has 0 aliphatic rings. The van der Waals surface area contributed by atoms with Crippen molar-refractivity contribution in [2.45, 2.75) is 26.4 Å². The molecule has 3 N–H and O–H groups in total. The van der Waals surface area contributed by atoms with Crippen LogP contribution in [0.15, 0.2) is 53.5 Å². The molecular formula is C23H31FN4O3. The second-order valence-electron chi connectivity index (χ2n) is 6.88. The number of methoxy groups -OCH3 is 1. The average Bonchev–Trinajstić information content (AvgIpc) is 2.77. The fourth-order valence-electron chi connectivity index (χ4n) is 2.76. The molecule has 1 unspecified atom stereocenters. The number of amides is 1. The summed E-state index contributed by atoms with van der Waals surface area (Å²) < 4.78 is 24.1. The van der Waals surface area contributed by atoms with E-state index in [0.29, 0.717) is 43.6 Å². The zero-order valence-electron chi connectivity index (χ0n) is 18.3. The predicted octanol–water partition coefficient (Wildman–Crippen LogP) is 2.52. The second kappa shape index (κ2) is 13.1. The number of nitrogens with one attached hydrogen (secondary N) is 3. The number of halogens is 1. The lowest BCUT2D eigenvalue weighted by molar-refractivity contribution is -0.120. The van der Waals surface area contributed by atoms with Crippen LogP contribution >= 0.6 is 0 Å². The molecular weight excluding hydrogens is 399 g/mol. The summed E-state index contributed by atoms with van der Waals surface area (Å²) in [7, 11) is 1.61. The molecule has 0 spiro atoms. The zero-order chi connectivity index (χ0) is 22.5. The van der Waals surface area contributed by atoms with E-state index in [1.165, 1.54) is 12.1 Å². The summed E-state index contributed by atoms with van der Waals surface area (Å²) in [6.45, 7) is 6.04. The van der Waals surface area contributed by atoms with Gasteiger partial charge in [-0.15, -0.1) is 0 Å². The first-order valence-corrected chi connectivity index (χ1v) is 10.3. The van der Waals surface area contributed by atoms with E-state index in [0.717, 1.165) is 5.56 Å². The van der Waals surface area contributed by atoms with Crippen molar-refractivity contribution in [1.82, 2.24) is 16.0 Å². The van der Waals surface area contributed by atoms with Crippen molar-refractivity contribution in [2.75, 3.05) is 33.3 Å². The number of benzene rings is 2. The Morgan fingerprint density at radius 3 is 2.39 bits per heavy atom. The highest BCUT2D eigenvalue weighted by Gasteiger charge is 2.09. The van der Waals surface area contributed by atoms with Gasteiger partial charge in [-0.2, -0.15) is 0 Å². The molecule has 2 aromatic rings. The minimum absolute atomic E-state index is 0.117. The molecule has 31 heavy (non-hydrogen) atoms. The number of ether oxygens (including phenoxy) is 2. The van der Waals surface area contributed by atoms with Gasteiger partial charge in [0.25, 0.3) is 0 Å². The fraction of sp³-hybridized carbons (Fsp3) is 0.391. The molecule has 0 saturated heterocycles. The molecule has 0 aliphatic carbocycles. The Kier molecular flexibility index (Phi) is 10.1. The highest BCUT2D eigenvalue weighted by atomic mass is 19.1. The first kappa shape index (κ1) is 24.0. The van der Waals surface area contributed by atoms with Crippen molar-refractivity contribution in [2.24, 2.45) is 4.99 Å². The Hall–Kier alpha value is -3.29. The molecule has 0 bridgehead atoms. The van der Waals surface area contributed by atoms with E-state index in [1.807, 2.05) is 38.1 Å². The topological polar surface area (TPSA) is 84.0 Å². The molecule has 0 radical (unpaired) electrons. The molecule has 0 heterocycles. The Labute approximate surface area is 183 Å². The number of guanidine groups is 1. The van der Waals surface area contributed by atoms with Gasteiger partial charge >= 0.3 is 0 Å². The molecule has 0 aliphatic heterocycles. The number of rotatable bonds is 11. The maximum atomic E-state index is 12.9. The van der Waals surface area contributed by atoms with Crippen LogP contribution < -0.4 is 25.4 Å². The van der Waals surface area contributed by atoms with Crippen LogP contribution in [0, 0.1) is 5.82 Å². The van der Waals surface area contributed by atoms with E-state index in [4.69, 9.17) is 9.47 Å². The minimum atomic E-state index is -0.314. The van der Waals surface area contributed by atoms with Gasteiger partial charge in [-0.05, 0) is 43.7 Å². The Morgan fingerprint density at radius 1 is 1.03 bits per heavy atom. The predicted molar refractivity (Wildman–Crippen MR) is 120 cm³/mol. The van der Waals surface area contributed by atoms with Gasteiger partial charge in [0.2, 0.25) is 5.91 Å². The first-order chi connectivity index (χ1) is 15.0. The quantitative estimate of drug-likeness (QED) is 0.290. The zero-order valence-corrected chi connectivity index (χ0v) is 18.3. The first-order valence-electron chi connectivity index (χ1n) is 10.3. The maximum Gasteiger partial charge on any atom is 0.224 e. The number of para-hydroxylation sites is 2. The maximum absolute atomic E-state index is 12.9. The van der Waals surface area contributed by atoms with Crippen LogP contribution in [0.25, 0.3) is 0 Å². The van der Waals surface area contributed by atoms with E-state index >= 15 is 0 Å². The number of aliphatic imine (C=N–C) groups is 1. The molecule has 7 nitrogen and oxygen atoms in total. The van der Waals surface area contributed by atoms with Gasteiger partial charge in [-0.3, -0.25) is 4.79 Å². The lowest BCUT2D eigenvalue weighted by atomic mass is 10.1. The van der Waals surface area contributed by atoms with Crippen LogP contribution in [-0.2, 0) is 11.2 Å². The molecule has 0 fully saturated rings. The normalized spacial score (nSPS) is 12.1. The van der Waals surface area contributed by atoms with Crippen molar-refractivity contribution in [3.8, 4) is 11.5 Å². The van der Waals surface area contributed by atoms with Gasteiger partial charge in [-0.25, -0.2) is 9.38 Å². The van der Waals surface area contributed by atoms with Gasteiger partial charge in [0.05, 0.1) is 20.1 Å². The SMILES string of the molecule is CCNC(=NCC(C)Oc1ccccc1OC)NCCNC(=O)Cc1ccc(F)cc1. The average molecular weight is 431 g/mol. The Bertz CT molecular complexity index is 843. The summed E-state index contributed by atoms with van der Waals surface area (Å²) in [5.74, 6) is 1.57. The third-order valence-corrected chi connectivity index (χ3v) is 4.27. The molecule has 0 saturated carbocycles. The molecule has 0 aromatic heterocycles. The largest absolute Gasteiger partial charge is 0.493 e. The van der Waals surface area contributed by atoms with Gasteiger partial charge in [0.15, 0.2) is 17.5 Å². The lowest BCUT2D eigenvalue weighted by Gasteiger charge is -2.17.